The Hall–Kier alpha value is -3.41. The number of benzene rings is 2. The SMILES string of the molecule is COc1cccc2c1O[C@@H](c1ccco1)N1N=C(c3cc(C)ccc3O)C[C@@H]21. The number of aromatic hydroxyl groups is 1. The Kier molecular flexibility index (Phi) is 3.79. The van der Waals surface area contributed by atoms with E-state index in [1.165, 1.54) is 0 Å². The molecule has 28 heavy (non-hydrogen) atoms. The van der Waals surface area contributed by atoms with Crippen LogP contribution in [0.15, 0.2) is 64.3 Å². The zero-order valence-corrected chi connectivity index (χ0v) is 15.6. The van der Waals surface area contributed by atoms with E-state index in [0.717, 1.165) is 22.4 Å². The van der Waals surface area contributed by atoms with Crippen molar-refractivity contribution < 1.29 is 19.0 Å². The van der Waals surface area contributed by atoms with E-state index < -0.39 is 6.23 Å². The molecule has 3 heterocycles. The molecule has 0 spiro atoms. The van der Waals surface area contributed by atoms with Crippen molar-refractivity contribution >= 4 is 5.71 Å². The maximum atomic E-state index is 10.4. The number of furan rings is 1. The second kappa shape index (κ2) is 6.34. The van der Waals surface area contributed by atoms with Gasteiger partial charge in [0.2, 0.25) is 6.23 Å². The minimum atomic E-state index is -0.506. The molecule has 0 saturated carbocycles. The number of phenols is 1. The number of methoxy groups -OCH3 is 1. The predicted molar refractivity (Wildman–Crippen MR) is 104 cm³/mol. The molecular formula is C22H20N2O4. The summed E-state index contributed by atoms with van der Waals surface area (Å²) in [5.41, 5.74) is 3.65. The number of hydrogen-bond donors (Lipinski definition) is 1. The van der Waals surface area contributed by atoms with Gasteiger partial charge in [-0.3, -0.25) is 0 Å². The quantitative estimate of drug-likeness (QED) is 0.727. The number of hydrazone groups is 1. The molecule has 2 aliphatic heterocycles. The van der Waals surface area contributed by atoms with Crippen LogP contribution in [0.5, 0.6) is 17.2 Å². The van der Waals surface area contributed by atoms with Crippen molar-refractivity contribution in [2.45, 2.75) is 25.6 Å². The molecule has 0 bridgehead atoms. The molecule has 1 aromatic heterocycles. The van der Waals surface area contributed by atoms with Gasteiger partial charge in [0.25, 0.3) is 0 Å². The molecule has 2 aliphatic rings. The van der Waals surface area contributed by atoms with Crippen LogP contribution in [0.4, 0.5) is 0 Å². The normalized spacial score (nSPS) is 20.2. The molecule has 3 aromatic rings. The number of fused-ring (bicyclic) bond motifs is 3. The average Bonchev–Trinajstić information content (AvgIpc) is 3.39. The lowest BCUT2D eigenvalue weighted by atomic mass is 9.95. The van der Waals surface area contributed by atoms with Crippen LogP contribution in [0.25, 0.3) is 0 Å². The van der Waals surface area contributed by atoms with Crippen LogP contribution in [0.2, 0.25) is 0 Å². The fourth-order valence-electron chi connectivity index (χ4n) is 3.91. The number of rotatable bonds is 3. The first-order chi connectivity index (χ1) is 13.7. The minimum Gasteiger partial charge on any atom is -0.507 e. The smallest absolute Gasteiger partial charge is 0.246 e. The molecule has 0 radical (unpaired) electrons. The highest BCUT2D eigenvalue weighted by atomic mass is 16.5. The van der Waals surface area contributed by atoms with E-state index in [4.69, 9.17) is 19.0 Å². The highest BCUT2D eigenvalue weighted by Gasteiger charge is 2.43. The van der Waals surface area contributed by atoms with Gasteiger partial charge in [-0.1, -0.05) is 23.8 Å². The molecule has 1 N–H and O–H groups in total. The molecule has 0 saturated heterocycles. The van der Waals surface area contributed by atoms with E-state index in [1.54, 1.807) is 19.4 Å². The molecular weight excluding hydrogens is 356 g/mol. The van der Waals surface area contributed by atoms with Crippen LogP contribution < -0.4 is 9.47 Å². The molecule has 0 amide bonds. The third-order valence-corrected chi connectivity index (χ3v) is 5.25. The topological polar surface area (TPSA) is 67.4 Å². The third-order valence-electron chi connectivity index (χ3n) is 5.25. The van der Waals surface area contributed by atoms with Gasteiger partial charge in [0, 0.05) is 17.5 Å². The Morgan fingerprint density at radius 3 is 2.86 bits per heavy atom. The first kappa shape index (κ1) is 16.7. The Bertz CT molecular complexity index is 1060. The van der Waals surface area contributed by atoms with Crippen LogP contribution in [-0.4, -0.2) is 22.9 Å². The van der Waals surface area contributed by atoms with E-state index in [-0.39, 0.29) is 11.8 Å². The number of phenolic OH excluding ortho intramolecular Hbond substituents is 1. The summed E-state index contributed by atoms with van der Waals surface area (Å²) in [5, 5.41) is 17.1. The van der Waals surface area contributed by atoms with E-state index in [9.17, 15) is 5.11 Å². The maximum absolute atomic E-state index is 10.4. The van der Waals surface area contributed by atoms with Gasteiger partial charge in [0.15, 0.2) is 17.3 Å². The largest absolute Gasteiger partial charge is 0.507 e. The Morgan fingerprint density at radius 2 is 2.07 bits per heavy atom. The molecule has 6 heteroatoms. The summed E-state index contributed by atoms with van der Waals surface area (Å²) in [6, 6.07) is 15.1. The van der Waals surface area contributed by atoms with Crippen LogP contribution in [-0.2, 0) is 0 Å². The maximum Gasteiger partial charge on any atom is 0.246 e. The monoisotopic (exact) mass is 376 g/mol. The molecule has 5 rings (SSSR count). The summed E-state index contributed by atoms with van der Waals surface area (Å²) in [6.07, 6.45) is 1.77. The number of hydrogen-bond acceptors (Lipinski definition) is 6. The van der Waals surface area contributed by atoms with Crippen LogP contribution in [0, 0.1) is 6.92 Å². The van der Waals surface area contributed by atoms with Crippen molar-refractivity contribution in [3.63, 3.8) is 0 Å². The van der Waals surface area contributed by atoms with E-state index in [2.05, 4.69) is 0 Å². The van der Waals surface area contributed by atoms with Crippen molar-refractivity contribution in [3.8, 4) is 17.2 Å². The van der Waals surface area contributed by atoms with Gasteiger partial charge < -0.3 is 19.0 Å². The highest BCUT2D eigenvalue weighted by molar-refractivity contribution is 6.04. The van der Waals surface area contributed by atoms with Crippen LogP contribution >= 0.6 is 0 Å². The fourth-order valence-corrected chi connectivity index (χ4v) is 3.91. The summed E-state index contributed by atoms with van der Waals surface area (Å²) < 4.78 is 17.4. The van der Waals surface area contributed by atoms with Gasteiger partial charge in [-0.05, 0) is 37.3 Å². The Morgan fingerprint density at radius 1 is 1.18 bits per heavy atom. The van der Waals surface area contributed by atoms with Crippen molar-refractivity contribution in [2.24, 2.45) is 5.10 Å². The van der Waals surface area contributed by atoms with Gasteiger partial charge >= 0.3 is 0 Å². The highest BCUT2D eigenvalue weighted by Crippen LogP contribution is 2.51. The summed E-state index contributed by atoms with van der Waals surface area (Å²) >= 11 is 0. The van der Waals surface area contributed by atoms with Crippen molar-refractivity contribution in [1.82, 2.24) is 5.01 Å². The van der Waals surface area contributed by atoms with Gasteiger partial charge in [0.05, 0.1) is 25.1 Å². The third kappa shape index (κ3) is 2.52. The van der Waals surface area contributed by atoms with E-state index in [1.807, 2.05) is 54.4 Å². The summed E-state index contributed by atoms with van der Waals surface area (Å²) in [5.74, 6) is 2.28. The molecule has 142 valence electrons. The Balaban J connectivity index is 1.64. The predicted octanol–water partition coefficient (Wildman–Crippen LogP) is 4.54. The fraction of sp³-hybridized carbons (Fsp3) is 0.227. The minimum absolute atomic E-state index is 0.0381. The first-order valence-corrected chi connectivity index (χ1v) is 9.18. The number of ether oxygens (including phenoxy) is 2. The van der Waals surface area contributed by atoms with Crippen molar-refractivity contribution in [1.29, 1.82) is 0 Å². The second-order valence-electron chi connectivity index (χ2n) is 7.03. The van der Waals surface area contributed by atoms with Crippen molar-refractivity contribution in [3.05, 3.63) is 77.2 Å². The van der Waals surface area contributed by atoms with E-state index in [0.29, 0.717) is 23.7 Å². The molecule has 2 aromatic carbocycles. The zero-order valence-electron chi connectivity index (χ0n) is 15.6. The molecule has 0 aliphatic carbocycles. The van der Waals surface area contributed by atoms with Gasteiger partial charge in [-0.2, -0.15) is 5.10 Å². The van der Waals surface area contributed by atoms with Crippen LogP contribution in [0.1, 0.15) is 41.1 Å². The Labute approximate surface area is 162 Å². The standard InChI is InChI=1S/C22H20N2O4/c1-13-8-9-18(25)15(11-13)16-12-17-14-5-3-6-19(26-2)21(14)28-22(24(17)23-16)20-7-4-10-27-20/h3-11,17,22,25H,12H2,1-2H3/t17-,22-/m0/s1. The zero-order chi connectivity index (χ0) is 19.3. The molecule has 2 atom stereocenters. The second-order valence-corrected chi connectivity index (χ2v) is 7.03. The summed E-state index contributed by atoms with van der Waals surface area (Å²) in [6.45, 7) is 2.00. The first-order valence-electron chi connectivity index (χ1n) is 9.18. The summed E-state index contributed by atoms with van der Waals surface area (Å²) in [7, 11) is 1.63. The lowest BCUT2D eigenvalue weighted by molar-refractivity contribution is -0.0342. The average molecular weight is 376 g/mol. The number of para-hydroxylation sites is 1. The number of aryl methyl sites for hydroxylation is 1. The number of nitrogens with zero attached hydrogens (tertiary/aromatic N) is 2. The summed E-state index contributed by atoms with van der Waals surface area (Å²) in [4.78, 5) is 0. The van der Waals surface area contributed by atoms with Gasteiger partial charge in [-0.15, -0.1) is 0 Å². The van der Waals surface area contributed by atoms with E-state index >= 15 is 0 Å². The molecule has 0 fully saturated rings. The van der Waals surface area contributed by atoms with Gasteiger partial charge in [0.1, 0.15) is 5.75 Å². The molecule has 0 unspecified atom stereocenters. The van der Waals surface area contributed by atoms with Gasteiger partial charge in [-0.25, -0.2) is 5.01 Å². The van der Waals surface area contributed by atoms with Crippen molar-refractivity contribution in [2.75, 3.05) is 7.11 Å². The lowest BCUT2D eigenvalue weighted by Crippen LogP contribution is -2.33. The van der Waals surface area contributed by atoms with Crippen LogP contribution in [0.3, 0.4) is 0 Å². The lowest BCUT2D eigenvalue weighted by Gasteiger charge is -2.37. The molecule has 6 nitrogen and oxygen atoms in total.